The fraction of sp³-hybridized carbons (Fsp3) is 0.267. The Kier molecular flexibility index (Phi) is 5.26. The molecule has 1 aromatic heterocycles. The number of halogens is 2. The molecule has 0 saturated carbocycles. The molecule has 0 radical (unpaired) electrons. The quantitative estimate of drug-likeness (QED) is 0.868. The Bertz CT molecular complexity index is 655. The van der Waals surface area contributed by atoms with Crippen LogP contribution < -0.4 is 10.9 Å². The number of rotatable bonds is 5. The average molecular weight is 356 g/mol. The third-order valence-corrected chi connectivity index (χ3v) is 3.80. The molecule has 0 atom stereocenters. The van der Waals surface area contributed by atoms with Crippen LogP contribution >= 0.6 is 27.5 Å². The van der Waals surface area contributed by atoms with E-state index in [9.17, 15) is 4.79 Å². The van der Waals surface area contributed by atoms with Crippen LogP contribution in [0.1, 0.15) is 18.9 Å². The number of hydrogen-bond acceptors (Lipinski definition) is 2. The molecule has 0 amide bonds. The van der Waals surface area contributed by atoms with Gasteiger partial charge in [-0.2, -0.15) is 0 Å². The van der Waals surface area contributed by atoms with E-state index >= 15 is 0 Å². The van der Waals surface area contributed by atoms with Crippen molar-refractivity contribution in [1.82, 2.24) is 4.57 Å². The SMILES string of the molecule is CCCn1cc(NCc2cc(Br)ccc2Cl)ccc1=O. The minimum absolute atomic E-state index is 0.0258. The number of nitrogens with zero attached hydrogens (tertiary/aromatic N) is 1. The van der Waals surface area contributed by atoms with E-state index in [2.05, 4.69) is 21.2 Å². The predicted molar refractivity (Wildman–Crippen MR) is 87.5 cm³/mol. The number of hydrogen-bond donors (Lipinski definition) is 1. The smallest absolute Gasteiger partial charge is 0.250 e. The highest BCUT2D eigenvalue weighted by atomic mass is 79.9. The second kappa shape index (κ2) is 6.95. The van der Waals surface area contributed by atoms with Crippen molar-refractivity contribution in [3.8, 4) is 0 Å². The monoisotopic (exact) mass is 354 g/mol. The fourth-order valence-electron chi connectivity index (χ4n) is 1.93. The topological polar surface area (TPSA) is 34.0 Å². The molecule has 106 valence electrons. The van der Waals surface area contributed by atoms with E-state index < -0.39 is 0 Å². The van der Waals surface area contributed by atoms with Gasteiger partial charge in [0.1, 0.15) is 0 Å². The van der Waals surface area contributed by atoms with E-state index in [0.29, 0.717) is 6.54 Å². The van der Waals surface area contributed by atoms with Gasteiger partial charge in [0.05, 0.1) is 5.69 Å². The maximum absolute atomic E-state index is 11.6. The first-order valence-electron chi connectivity index (χ1n) is 6.48. The molecule has 0 unspecified atom stereocenters. The lowest BCUT2D eigenvalue weighted by atomic mass is 10.2. The van der Waals surface area contributed by atoms with Crippen molar-refractivity contribution in [2.45, 2.75) is 26.4 Å². The summed E-state index contributed by atoms with van der Waals surface area (Å²) in [7, 11) is 0. The molecule has 0 aliphatic carbocycles. The summed E-state index contributed by atoms with van der Waals surface area (Å²) < 4.78 is 2.71. The standard InChI is InChI=1S/C15H16BrClN2O/c1-2-7-19-10-13(4-6-15(19)20)18-9-11-8-12(16)3-5-14(11)17/h3-6,8,10,18H,2,7,9H2,1H3. The van der Waals surface area contributed by atoms with Crippen molar-refractivity contribution in [1.29, 1.82) is 0 Å². The molecule has 3 nitrogen and oxygen atoms in total. The molecule has 0 bridgehead atoms. The molecule has 0 fully saturated rings. The Labute approximate surface area is 131 Å². The number of aromatic nitrogens is 1. The molecule has 5 heteroatoms. The van der Waals surface area contributed by atoms with Gasteiger partial charge in [0.15, 0.2) is 0 Å². The first kappa shape index (κ1) is 15.1. The van der Waals surface area contributed by atoms with Crippen molar-refractivity contribution in [2.24, 2.45) is 0 Å². The Balaban J connectivity index is 2.12. The molecule has 1 N–H and O–H groups in total. The van der Waals surface area contributed by atoms with Gasteiger partial charge >= 0.3 is 0 Å². The normalized spacial score (nSPS) is 10.6. The Morgan fingerprint density at radius 2 is 2.10 bits per heavy atom. The Morgan fingerprint density at radius 3 is 2.85 bits per heavy atom. The summed E-state index contributed by atoms with van der Waals surface area (Å²) in [6, 6.07) is 9.13. The van der Waals surface area contributed by atoms with Crippen LogP contribution in [0.5, 0.6) is 0 Å². The van der Waals surface area contributed by atoms with Gasteiger partial charge in [0.25, 0.3) is 5.56 Å². The first-order chi connectivity index (χ1) is 9.60. The van der Waals surface area contributed by atoms with Crippen molar-refractivity contribution < 1.29 is 0 Å². The van der Waals surface area contributed by atoms with E-state index in [1.165, 1.54) is 0 Å². The predicted octanol–water partition coefficient (Wildman–Crippen LogP) is 4.29. The second-order valence-electron chi connectivity index (χ2n) is 4.54. The maximum atomic E-state index is 11.6. The van der Waals surface area contributed by atoms with E-state index in [0.717, 1.165) is 33.7 Å². The zero-order valence-corrected chi connectivity index (χ0v) is 13.5. The van der Waals surface area contributed by atoms with Crippen LogP contribution in [0, 0.1) is 0 Å². The first-order valence-corrected chi connectivity index (χ1v) is 7.65. The number of benzene rings is 1. The molecule has 0 spiro atoms. The average Bonchev–Trinajstić information content (AvgIpc) is 2.43. The molecule has 0 aliphatic heterocycles. The number of nitrogens with one attached hydrogen (secondary N) is 1. The summed E-state index contributed by atoms with van der Waals surface area (Å²) in [4.78, 5) is 11.6. The van der Waals surface area contributed by atoms with Gasteiger partial charge in [-0.1, -0.05) is 34.5 Å². The van der Waals surface area contributed by atoms with E-state index in [4.69, 9.17) is 11.6 Å². The van der Waals surface area contributed by atoms with Crippen LogP contribution in [0.15, 0.2) is 45.8 Å². The van der Waals surface area contributed by atoms with E-state index in [-0.39, 0.29) is 5.56 Å². The van der Waals surface area contributed by atoms with Gasteiger partial charge in [0.2, 0.25) is 0 Å². The van der Waals surface area contributed by atoms with Gasteiger partial charge in [0, 0.05) is 34.8 Å². The summed E-state index contributed by atoms with van der Waals surface area (Å²) in [6.45, 7) is 3.39. The highest BCUT2D eigenvalue weighted by Gasteiger charge is 2.02. The summed E-state index contributed by atoms with van der Waals surface area (Å²) in [6.07, 6.45) is 2.78. The summed E-state index contributed by atoms with van der Waals surface area (Å²) in [5.41, 5.74) is 1.95. The van der Waals surface area contributed by atoms with Gasteiger partial charge < -0.3 is 9.88 Å². The summed E-state index contributed by atoms with van der Waals surface area (Å²) in [5.74, 6) is 0. The van der Waals surface area contributed by atoms with Crippen LogP contribution in [0.4, 0.5) is 5.69 Å². The second-order valence-corrected chi connectivity index (χ2v) is 5.86. The van der Waals surface area contributed by atoms with E-state index in [1.54, 1.807) is 16.7 Å². The van der Waals surface area contributed by atoms with Crippen LogP contribution in [0.2, 0.25) is 5.02 Å². The zero-order chi connectivity index (χ0) is 14.5. The zero-order valence-electron chi connectivity index (χ0n) is 11.2. The Morgan fingerprint density at radius 1 is 1.30 bits per heavy atom. The number of aryl methyl sites for hydroxylation is 1. The molecule has 1 aromatic carbocycles. The Hall–Kier alpha value is -1.26. The third-order valence-electron chi connectivity index (χ3n) is 2.94. The van der Waals surface area contributed by atoms with Crippen LogP contribution in [-0.2, 0) is 13.1 Å². The van der Waals surface area contributed by atoms with Crippen LogP contribution in [0.3, 0.4) is 0 Å². The molecule has 2 rings (SSSR count). The lowest BCUT2D eigenvalue weighted by Gasteiger charge is -2.11. The lowest BCUT2D eigenvalue weighted by molar-refractivity contribution is 0.655. The highest BCUT2D eigenvalue weighted by molar-refractivity contribution is 9.10. The minimum Gasteiger partial charge on any atom is -0.380 e. The van der Waals surface area contributed by atoms with E-state index in [1.807, 2.05) is 31.3 Å². The fourth-order valence-corrected chi connectivity index (χ4v) is 2.52. The van der Waals surface area contributed by atoms with Gasteiger partial charge in [-0.15, -0.1) is 0 Å². The molecule has 2 aromatic rings. The van der Waals surface area contributed by atoms with Crippen molar-refractivity contribution in [3.63, 3.8) is 0 Å². The third kappa shape index (κ3) is 3.87. The number of anilines is 1. The summed E-state index contributed by atoms with van der Waals surface area (Å²) >= 11 is 9.58. The van der Waals surface area contributed by atoms with Gasteiger partial charge in [-0.3, -0.25) is 4.79 Å². The van der Waals surface area contributed by atoms with Gasteiger partial charge in [-0.25, -0.2) is 0 Å². The van der Waals surface area contributed by atoms with Crippen molar-refractivity contribution in [3.05, 3.63) is 61.9 Å². The molecule has 20 heavy (non-hydrogen) atoms. The highest BCUT2D eigenvalue weighted by Crippen LogP contribution is 2.21. The number of pyridine rings is 1. The van der Waals surface area contributed by atoms with Gasteiger partial charge in [-0.05, 0) is 36.2 Å². The lowest BCUT2D eigenvalue weighted by Crippen LogP contribution is -2.18. The maximum Gasteiger partial charge on any atom is 0.250 e. The molecule has 0 saturated heterocycles. The molecular weight excluding hydrogens is 340 g/mol. The minimum atomic E-state index is 0.0258. The van der Waals surface area contributed by atoms with Crippen LogP contribution in [0.25, 0.3) is 0 Å². The van der Waals surface area contributed by atoms with Crippen molar-refractivity contribution in [2.75, 3.05) is 5.32 Å². The van der Waals surface area contributed by atoms with Crippen molar-refractivity contribution >= 4 is 33.2 Å². The summed E-state index contributed by atoms with van der Waals surface area (Å²) in [5, 5.41) is 4.01. The molecular formula is C15H16BrClN2O. The van der Waals surface area contributed by atoms with Crippen LogP contribution in [-0.4, -0.2) is 4.57 Å². The molecule has 1 heterocycles. The largest absolute Gasteiger partial charge is 0.380 e. The molecule has 0 aliphatic rings.